The lowest BCUT2D eigenvalue weighted by molar-refractivity contribution is -0.122. The van der Waals surface area contributed by atoms with E-state index in [1.165, 1.54) is 21.8 Å². The normalized spacial score (nSPS) is 23.3. The maximum atomic E-state index is 13.9. The summed E-state index contributed by atoms with van der Waals surface area (Å²) in [5.74, 6) is -0.368. The van der Waals surface area contributed by atoms with Crippen molar-refractivity contribution in [3.05, 3.63) is 74.7 Å². The molecule has 2 aromatic carbocycles. The standard InChI is InChI=1S/C26H27ClN2O2S/c1-16-12-13-19(14-17(16)2)29-24(30)23-20-9-4-3-5-11-22(20)32-25(23)28(26(29)31)15-18-8-6-7-10-21(18)27/h6-8,10,12-14,23,25H,3-5,9,11,15H2,1-2H3. The third-order valence-electron chi connectivity index (χ3n) is 6.91. The molecule has 2 atom stereocenters. The molecular weight excluding hydrogens is 440 g/mol. The average Bonchev–Trinajstić information content (AvgIpc) is 2.97. The number of aryl methyl sites for hydroxylation is 2. The molecule has 6 heteroatoms. The van der Waals surface area contributed by atoms with Gasteiger partial charge in [-0.2, -0.15) is 0 Å². The largest absolute Gasteiger partial charge is 0.332 e. The van der Waals surface area contributed by atoms with Crippen LogP contribution in [0.1, 0.15) is 48.8 Å². The molecule has 4 nitrogen and oxygen atoms in total. The van der Waals surface area contributed by atoms with Crippen LogP contribution >= 0.6 is 23.4 Å². The summed E-state index contributed by atoms with van der Waals surface area (Å²) in [6, 6.07) is 13.2. The summed E-state index contributed by atoms with van der Waals surface area (Å²) in [5.41, 5.74) is 5.02. The van der Waals surface area contributed by atoms with Crippen LogP contribution in [0.3, 0.4) is 0 Å². The van der Waals surface area contributed by atoms with E-state index in [0.29, 0.717) is 17.3 Å². The molecule has 0 saturated carbocycles. The number of hydrogen-bond acceptors (Lipinski definition) is 3. The van der Waals surface area contributed by atoms with E-state index in [0.717, 1.165) is 42.4 Å². The molecule has 1 saturated heterocycles. The van der Waals surface area contributed by atoms with Crippen LogP contribution in [0.4, 0.5) is 10.5 Å². The maximum Gasteiger partial charge on any atom is 0.332 e. The van der Waals surface area contributed by atoms with Crippen molar-refractivity contribution in [1.29, 1.82) is 0 Å². The van der Waals surface area contributed by atoms with Gasteiger partial charge in [-0.1, -0.05) is 42.3 Å². The third kappa shape index (κ3) is 3.65. The van der Waals surface area contributed by atoms with Crippen LogP contribution in [-0.4, -0.2) is 22.2 Å². The molecular formula is C26H27ClN2O2S. The first-order valence-electron chi connectivity index (χ1n) is 11.3. The topological polar surface area (TPSA) is 40.6 Å². The molecule has 0 radical (unpaired) electrons. The number of urea groups is 1. The van der Waals surface area contributed by atoms with Crippen LogP contribution in [0.25, 0.3) is 0 Å². The van der Waals surface area contributed by atoms with Gasteiger partial charge in [-0.05, 0) is 84.9 Å². The predicted molar refractivity (Wildman–Crippen MR) is 131 cm³/mol. The molecule has 2 aromatic rings. The molecule has 0 spiro atoms. The fraction of sp³-hybridized carbons (Fsp3) is 0.385. The highest BCUT2D eigenvalue weighted by atomic mass is 35.5. The number of benzene rings is 2. The summed E-state index contributed by atoms with van der Waals surface area (Å²) in [6.07, 6.45) is 5.42. The summed E-state index contributed by atoms with van der Waals surface area (Å²) in [7, 11) is 0. The summed E-state index contributed by atoms with van der Waals surface area (Å²) in [6.45, 7) is 4.44. The Bertz CT molecular complexity index is 1130. The lowest BCUT2D eigenvalue weighted by Crippen LogP contribution is -2.60. The van der Waals surface area contributed by atoms with Crippen molar-refractivity contribution in [1.82, 2.24) is 4.90 Å². The van der Waals surface area contributed by atoms with Gasteiger partial charge in [-0.3, -0.25) is 4.79 Å². The summed E-state index contributed by atoms with van der Waals surface area (Å²) >= 11 is 8.19. The SMILES string of the molecule is Cc1ccc(N2C(=O)C3C4=C(CCCCC4)SC3N(Cc3ccccc3Cl)C2=O)cc1C. The smallest absolute Gasteiger partial charge is 0.306 e. The van der Waals surface area contributed by atoms with Crippen LogP contribution in [-0.2, 0) is 11.3 Å². The summed E-state index contributed by atoms with van der Waals surface area (Å²) < 4.78 is 0. The number of imide groups is 1. The minimum Gasteiger partial charge on any atom is -0.306 e. The highest BCUT2D eigenvalue weighted by molar-refractivity contribution is 8.04. The molecule has 1 aliphatic carbocycles. The van der Waals surface area contributed by atoms with Gasteiger partial charge in [-0.25, -0.2) is 9.69 Å². The first-order chi connectivity index (χ1) is 15.5. The molecule has 0 bridgehead atoms. The molecule has 3 amide bonds. The molecule has 3 aliphatic rings. The van der Waals surface area contributed by atoms with Gasteiger partial charge in [0.25, 0.3) is 0 Å². The Hall–Kier alpha value is -2.24. The number of nitrogens with zero attached hydrogens (tertiary/aromatic N) is 2. The van der Waals surface area contributed by atoms with Gasteiger partial charge in [0.1, 0.15) is 0 Å². The van der Waals surface area contributed by atoms with Crippen LogP contribution in [0.15, 0.2) is 52.9 Å². The number of rotatable bonds is 3. The van der Waals surface area contributed by atoms with Gasteiger partial charge in [0.05, 0.1) is 23.5 Å². The Morgan fingerprint density at radius 3 is 2.56 bits per heavy atom. The molecule has 0 aromatic heterocycles. The zero-order valence-electron chi connectivity index (χ0n) is 18.4. The lowest BCUT2D eigenvalue weighted by Gasteiger charge is -2.42. The van der Waals surface area contributed by atoms with Gasteiger partial charge in [0.15, 0.2) is 0 Å². The van der Waals surface area contributed by atoms with E-state index in [9.17, 15) is 9.59 Å². The number of amides is 3. The summed E-state index contributed by atoms with van der Waals surface area (Å²) in [4.78, 5) is 32.3. The number of halogens is 1. The van der Waals surface area contributed by atoms with Crippen molar-refractivity contribution in [3.63, 3.8) is 0 Å². The second kappa shape index (κ2) is 8.60. The number of allylic oxidation sites excluding steroid dienone is 1. The third-order valence-corrected chi connectivity index (χ3v) is 8.80. The van der Waals surface area contributed by atoms with E-state index in [1.807, 2.05) is 61.2 Å². The monoisotopic (exact) mass is 466 g/mol. The maximum absolute atomic E-state index is 13.9. The van der Waals surface area contributed by atoms with E-state index < -0.39 is 0 Å². The molecule has 1 fully saturated rings. The Kier molecular flexibility index (Phi) is 5.81. The number of fused-ring (bicyclic) bond motifs is 2. The molecule has 2 heterocycles. The highest BCUT2D eigenvalue weighted by Gasteiger charge is 2.52. The second-order valence-corrected chi connectivity index (χ2v) is 10.6. The number of thioether (sulfide) groups is 1. The summed E-state index contributed by atoms with van der Waals surface area (Å²) in [5, 5.41) is 0.446. The number of hydrogen-bond donors (Lipinski definition) is 0. The lowest BCUT2D eigenvalue weighted by atomic mass is 9.90. The molecule has 0 N–H and O–H groups in total. The fourth-order valence-corrected chi connectivity index (χ4v) is 6.82. The number of carbonyl (C=O) groups is 2. The Morgan fingerprint density at radius 2 is 1.78 bits per heavy atom. The van der Waals surface area contributed by atoms with Crippen LogP contribution < -0.4 is 4.90 Å². The molecule has 5 rings (SSSR count). The predicted octanol–water partition coefficient (Wildman–Crippen LogP) is 6.83. The Labute approximate surface area is 198 Å². The Balaban J connectivity index is 1.58. The number of anilines is 1. The zero-order chi connectivity index (χ0) is 22.4. The minimum atomic E-state index is -0.283. The van der Waals surface area contributed by atoms with E-state index in [4.69, 9.17) is 11.6 Å². The van der Waals surface area contributed by atoms with Crippen molar-refractivity contribution in [2.24, 2.45) is 5.92 Å². The van der Waals surface area contributed by atoms with Crippen LogP contribution in [0, 0.1) is 19.8 Å². The molecule has 2 aliphatic heterocycles. The molecule has 32 heavy (non-hydrogen) atoms. The van der Waals surface area contributed by atoms with Gasteiger partial charge in [-0.15, -0.1) is 11.8 Å². The van der Waals surface area contributed by atoms with E-state index in [1.54, 1.807) is 11.8 Å². The van der Waals surface area contributed by atoms with E-state index >= 15 is 0 Å². The first-order valence-corrected chi connectivity index (χ1v) is 12.6. The van der Waals surface area contributed by atoms with Crippen molar-refractivity contribution < 1.29 is 9.59 Å². The fourth-order valence-electron chi connectivity index (χ4n) is 4.98. The van der Waals surface area contributed by atoms with Crippen molar-refractivity contribution in [2.45, 2.75) is 57.9 Å². The highest BCUT2D eigenvalue weighted by Crippen LogP contribution is 2.52. The first kappa shape index (κ1) is 21.6. The molecule has 166 valence electrons. The van der Waals surface area contributed by atoms with E-state index in [-0.39, 0.29) is 23.2 Å². The van der Waals surface area contributed by atoms with E-state index in [2.05, 4.69) is 0 Å². The zero-order valence-corrected chi connectivity index (χ0v) is 20.0. The minimum absolute atomic E-state index is 0.0851. The quantitative estimate of drug-likeness (QED) is 0.497. The Morgan fingerprint density at radius 1 is 1.00 bits per heavy atom. The second-order valence-electron chi connectivity index (χ2n) is 8.94. The van der Waals surface area contributed by atoms with Gasteiger partial charge < -0.3 is 4.90 Å². The van der Waals surface area contributed by atoms with Gasteiger partial charge in [0, 0.05) is 5.02 Å². The van der Waals surface area contributed by atoms with Crippen LogP contribution in [0.5, 0.6) is 0 Å². The van der Waals surface area contributed by atoms with Crippen molar-refractivity contribution >= 4 is 41.0 Å². The van der Waals surface area contributed by atoms with Crippen molar-refractivity contribution in [2.75, 3.05) is 4.90 Å². The van der Waals surface area contributed by atoms with Gasteiger partial charge in [0.2, 0.25) is 5.91 Å². The van der Waals surface area contributed by atoms with Gasteiger partial charge >= 0.3 is 6.03 Å². The van der Waals surface area contributed by atoms with Crippen molar-refractivity contribution in [3.8, 4) is 0 Å². The molecule has 2 unspecified atom stereocenters. The number of carbonyl (C=O) groups excluding carboxylic acids is 2. The van der Waals surface area contributed by atoms with Crippen LogP contribution in [0.2, 0.25) is 5.02 Å². The average molecular weight is 467 g/mol.